The minimum atomic E-state index is 0.200. The molecule has 0 radical (unpaired) electrons. The van der Waals surface area contributed by atoms with Crippen molar-refractivity contribution in [3.05, 3.63) is 219 Å². The van der Waals surface area contributed by atoms with Crippen LogP contribution in [0.2, 0.25) is 0 Å². The van der Waals surface area contributed by atoms with Gasteiger partial charge in [-0.05, 0) is 138 Å². The van der Waals surface area contributed by atoms with Crippen molar-refractivity contribution in [1.82, 2.24) is 0 Å². The van der Waals surface area contributed by atoms with Gasteiger partial charge in [0.2, 0.25) is 0 Å². The van der Waals surface area contributed by atoms with Gasteiger partial charge in [0.15, 0.2) is 0 Å². The zero-order valence-corrected chi connectivity index (χ0v) is 33.7. The summed E-state index contributed by atoms with van der Waals surface area (Å²) in [7, 11) is 0. The minimum Gasteiger partial charge on any atom is -0.397 e. The molecule has 1 aliphatic carbocycles. The van der Waals surface area contributed by atoms with Crippen LogP contribution in [0.15, 0.2) is 193 Å². The Morgan fingerprint density at radius 2 is 1.55 bits per heavy atom. The second-order valence-corrected chi connectivity index (χ2v) is 13.8. The number of nitrogens with two attached hydrogens (primary N) is 1. The van der Waals surface area contributed by atoms with Crippen molar-refractivity contribution in [2.45, 2.75) is 54.0 Å². The Balaban J connectivity index is 1.93. The van der Waals surface area contributed by atoms with E-state index in [1.54, 1.807) is 0 Å². The Kier molecular flexibility index (Phi) is 15.9. The SMILES string of the molecule is C=C/C(=C\C=C\c1ccc(=C(/C=C/C)C(=C)/C=c2/ccccc2=C)/c(=C(\C=C\C)C(/C)=C/C(C)=C(C)/C=C\C)c1)CN(c1ccccc1N)C1C=CC=CC1. The Bertz CT molecular complexity index is 2390. The maximum atomic E-state index is 6.50. The molecule has 0 aromatic heterocycles. The number of hydrogen-bond acceptors (Lipinski definition) is 2. The third-order valence-corrected chi connectivity index (χ3v) is 9.74. The Labute approximate surface area is 330 Å². The molecule has 2 N–H and O–H groups in total. The van der Waals surface area contributed by atoms with Gasteiger partial charge in [0.25, 0.3) is 0 Å². The lowest BCUT2D eigenvalue weighted by atomic mass is 9.94. The van der Waals surface area contributed by atoms with E-state index in [9.17, 15) is 0 Å². The lowest BCUT2D eigenvalue weighted by molar-refractivity contribution is 0.718. The first kappa shape index (κ1) is 41.6. The van der Waals surface area contributed by atoms with Gasteiger partial charge in [0, 0.05) is 6.54 Å². The molecule has 4 rings (SSSR count). The zero-order valence-electron chi connectivity index (χ0n) is 33.7. The van der Waals surface area contributed by atoms with Crippen LogP contribution in [0.25, 0.3) is 29.9 Å². The van der Waals surface area contributed by atoms with Crippen LogP contribution in [0.3, 0.4) is 0 Å². The number of benzene rings is 3. The first-order valence-corrected chi connectivity index (χ1v) is 19.1. The van der Waals surface area contributed by atoms with E-state index in [2.05, 4.69) is 188 Å². The maximum Gasteiger partial charge on any atom is 0.0608 e. The lowest BCUT2D eigenvalue weighted by Gasteiger charge is -2.33. The summed E-state index contributed by atoms with van der Waals surface area (Å²) >= 11 is 0. The van der Waals surface area contributed by atoms with Crippen LogP contribution in [-0.2, 0) is 0 Å². The van der Waals surface area contributed by atoms with Crippen LogP contribution in [0.4, 0.5) is 11.4 Å². The molecule has 0 fully saturated rings. The maximum absolute atomic E-state index is 6.50. The summed E-state index contributed by atoms with van der Waals surface area (Å²) in [6, 6.07) is 23.2. The predicted octanol–water partition coefficient (Wildman–Crippen LogP) is 10.5. The monoisotopic (exact) mass is 722 g/mol. The quantitative estimate of drug-likeness (QED) is 0.133. The van der Waals surface area contributed by atoms with Gasteiger partial charge in [-0.25, -0.2) is 0 Å². The van der Waals surface area contributed by atoms with Crippen molar-refractivity contribution in [3.63, 3.8) is 0 Å². The fourth-order valence-corrected chi connectivity index (χ4v) is 6.69. The zero-order chi connectivity index (χ0) is 39.7. The van der Waals surface area contributed by atoms with Gasteiger partial charge in [0.1, 0.15) is 0 Å². The molecule has 1 atom stereocenters. The first-order valence-electron chi connectivity index (χ1n) is 19.1. The van der Waals surface area contributed by atoms with Crippen molar-refractivity contribution in [2.75, 3.05) is 17.2 Å². The topological polar surface area (TPSA) is 29.3 Å². The van der Waals surface area contributed by atoms with Crippen molar-refractivity contribution in [2.24, 2.45) is 0 Å². The van der Waals surface area contributed by atoms with E-state index in [0.717, 1.165) is 66.5 Å². The van der Waals surface area contributed by atoms with Crippen LogP contribution >= 0.6 is 0 Å². The number of allylic oxidation sites excluding steroid dienone is 15. The number of rotatable bonds is 14. The van der Waals surface area contributed by atoms with E-state index in [1.165, 1.54) is 16.7 Å². The Hall–Kier alpha value is -6.12. The summed E-state index contributed by atoms with van der Waals surface area (Å²) in [5.74, 6) is 0. The first-order chi connectivity index (χ1) is 26.6. The van der Waals surface area contributed by atoms with Crippen molar-refractivity contribution < 1.29 is 0 Å². The fraction of sp³-hybridized carbons (Fsp3) is 0.170. The second kappa shape index (κ2) is 20.9. The van der Waals surface area contributed by atoms with Gasteiger partial charge in [-0.3, -0.25) is 0 Å². The van der Waals surface area contributed by atoms with Crippen LogP contribution in [0.5, 0.6) is 0 Å². The molecular weight excluding hydrogens is 665 g/mol. The highest BCUT2D eigenvalue weighted by Gasteiger charge is 2.19. The normalized spacial score (nSPS) is 17.1. The Morgan fingerprint density at radius 1 is 0.836 bits per heavy atom. The number of nitrogen functional groups attached to an aromatic ring is 1. The van der Waals surface area contributed by atoms with E-state index in [4.69, 9.17) is 5.73 Å². The van der Waals surface area contributed by atoms with Gasteiger partial charge in [-0.2, -0.15) is 0 Å². The minimum absolute atomic E-state index is 0.200. The molecule has 0 bridgehead atoms. The summed E-state index contributed by atoms with van der Waals surface area (Å²) in [6.45, 7) is 26.4. The van der Waals surface area contributed by atoms with E-state index >= 15 is 0 Å². The largest absolute Gasteiger partial charge is 0.397 e. The lowest BCUT2D eigenvalue weighted by Crippen LogP contribution is -2.36. The van der Waals surface area contributed by atoms with Crippen LogP contribution in [-0.4, -0.2) is 12.6 Å². The molecule has 0 saturated carbocycles. The molecule has 1 aliphatic rings. The molecule has 3 aromatic carbocycles. The molecule has 0 spiro atoms. The van der Waals surface area contributed by atoms with Crippen LogP contribution < -0.4 is 31.5 Å². The number of hydrogen-bond donors (Lipinski definition) is 1. The van der Waals surface area contributed by atoms with E-state index < -0.39 is 0 Å². The number of para-hydroxylation sites is 2. The molecule has 0 heterocycles. The molecule has 2 nitrogen and oxygen atoms in total. The van der Waals surface area contributed by atoms with Gasteiger partial charge in [-0.1, -0.05) is 159 Å². The third kappa shape index (κ3) is 11.4. The summed E-state index contributed by atoms with van der Waals surface area (Å²) in [5, 5.41) is 4.27. The second-order valence-electron chi connectivity index (χ2n) is 13.8. The predicted molar refractivity (Wildman–Crippen MR) is 246 cm³/mol. The number of anilines is 2. The van der Waals surface area contributed by atoms with Gasteiger partial charge in [0.05, 0.1) is 17.4 Å². The highest BCUT2D eigenvalue weighted by molar-refractivity contribution is 5.84. The van der Waals surface area contributed by atoms with E-state index in [0.29, 0.717) is 6.54 Å². The summed E-state index contributed by atoms with van der Waals surface area (Å²) < 4.78 is 0. The Morgan fingerprint density at radius 3 is 2.22 bits per heavy atom. The molecular formula is C53H58N2. The molecule has 0 aliphatic heterocycles. The summed E-state index contributed by atoms with van der Waals surface area (Å²) in [5.41, 5.74) is 17.3. The molecule has 2 heteroatoms. The summed E-state index contributed by atoms with van der Waals surface area (Å²) in [4.78, 5) is 2.36. The smallest absolute Gasteiger partial charge is 0.0608 e. The highest BCUT2D eigenvalue weighted by Crippen LogP contribution is 2.28. The molecule has 1 unspecified atom stereocenters. The van der Waals surface area contributed by atoms with Gasteiger partial charge >= 0.3 is 0 Å². The van der Waals surface area contributed by atoms with E-state index in [1.807, 2.05) is 42.5 Å². The molecule has 55 heavy (non-hydrogen) atoms. The van der Waals surface area contributed by atoms with Gasteiger partial charge in [-0.15, -0.1) is 0 Å². The van der Waals surface area contributed by atoms with E-state index in [-0.39, 0.29) is 6.04 Å². The average molecular weight is 723 g/mol. The average Bonchev–Trinajstić information content (AvgIpc) is 3.19. The van der Waals surface area contributed by atoms with Crippen molar-refractivity contribution in [3.8, 4) is 0 Å². The summed E-state index contributed by atoms with van der Waals surface area (Å²) in [6.07, 6.45) is 35.2. The van der Waals surface area contributed by atoms with Crippen LogP contribution in [0, 0.1) is 0 Å². The third-order valence-electron chi connectivity index (χ3n) is 9.74. The molecule has 3 aromatic rings. The standard InChI is InChI=1S/C53H58N2/c1-10-22-39(5)41(7)35-42(8)49(24-12-3)51-37-45(33-34-50(51)48(23-11-2)43(9)36-46-28-18-17-25-40(46)6)27-21-26-44(13-4)38-55(47-29-15-14-16-30-47)53-32-20-19-31-52(53)54/h10-29,31-37,47H,4,6,9,30,38,54H2,1-3,5,7-8H3/b22-10-,23-11+,24-12+,27-21+,41-39+,42-35+,44-26+,46-36-,50-48+,51-49+. The fourth-order valence-electron chi connectivity index (χ4n) is 6.69. The van der Waals surface area contributed by atoms with Crippen LogP contribution in [0.1, 0.15) is 53.5 Å². The highest BCUT2D eigenvalue weighted by atomic mass is 15.2. The molecule has 280 valence electrons. The van der Waals surface area contributed by atoms with Crippen molar-refractivity contribution >= 4 is 41.3 Å². The molecule has 0 amide bonds. The number of nitrogens with zero attached hydrogens (tertiary/aromatic N) is 1. The van der Waals surface area contributed by atoms with Crippen molar-refractivity contribution in [1.29, 1.82) is 0 Å². The van der Waals surface area contributed by atoms with Gasteiger partial charge < -0.3 is 10.6 Å². The molecule has 0 saturated heterocycles.